The molecular weight excluding hydrogens is 457 g/mol. The van der Waals surface area contributed by atoms with Gasteiger partial charge >= 0.3 is 0 Å². The first-order chi connectivity index (χ1) is 15.0. The highest BCUT2D eigenvalue weighted by atomic mass is 35.5. The zero-order chi connectivity index (χ0) is 23.7. The van der Waals surface area contributed by atoms with Gasteiger partial charge in [0.25, 0.3) is 5.91 Å². The molecule has 1 N–H and O–H groups in total. The molecule has 0 radical (unpaired) electrons. The molecule has 1 heterocycles. The monoisotopic (exact) mass is 475 g/mol. The number of piperazine rings is 1. The van der Waals surface area contributed by atoms with Gasteiger partial charge in [-0.3, -0.25) is 9.59 Å². The fourth-order valence-electron chi connectivity index (χ4n) is 3.44. The zero-order valence-electron chi connectivity index (χ0n) is 17.1. The van der Waals surface area contributed by atoms with Crippen LogP contribution in [0.2, 0.25) is 5.02 Å². The van der Waals surface area contributed by atoms with Crippen LogP contribution >= 0.6 is 11.6 Å². The summed E-state index contributed by atoms with van der Waals surface area (Å²) < 4.78 is 68.3. The Morgan fingerprint density at radius 1 is 0.906 bits per heavy atom. The van der Waals surface area contributed by atoms with Crippen LogP contribution in [0, 0.1) is 35.0 Å². The van der Waals surface area contributed by atoms with Gasteiger partial charge in [0.2, 0.25) is 11.7 Å². The summed E-state index contributed by atoms with van der Waals surface area (Å²) in [5.74, 6) is -12.9. The molecule has 2 aromatic carbocycles. The standard InChI is InChI=1S/C21H19ClF5N3O2/c1-10(2)21(32)30-8-6-29(7-9-30)19-11(22)4-3-5-12(19)28-20(31)13-14(23)16(25)18(27)17(26)15(13)24/h3-5,10H,6-9H2,1-2H3,(H,28,31). The molecule has 1 aliphatic rings. The van der Waals surface area contributed by atoms with Crippen molar-refractivity contribution in [3.63, 3.8) is 0 Å². The first-order valence-electron chi connectivity index (χ1n) is 9.69. The first kappa shape index (κ1) is 23.8. The minimum absolute atomic E-state index is 0.0105. The Labute approximate surface area is 185 Å². The molecule has 32 heavy (non-hydrogen) atoms. The summed E-state index contributed by atoms with van der Waals surface area (Å²) in [4.78, 5) is 28.1. The minimum atomic E-state index is -2.35. The summed E-state index contributed by atoms with van der Waals surface area (Å²) in [7, 11) is 0. The number of rotatable bonds is 4. The number of nitrogens with one attached hydrogen (secondary N) is 1. The Balaban J connectivity index is 1.89. The maximum Gasteiger partial charge on any atom is 0.261 e. The average Bonchev–Trinajstić information content (AvgIpc) is 2.76. The normalized spacial score (nSPS) is 14.2. The second-order valence-electron chi connectivity index (χ2n) is 7.50. The molecule has 0 atom stereocenters. The van der Waals surface area contributed by atoms with Crippen molar-refractivity contribution in [1.29, 1.82) is 0 Å². The molecule has 0 aromatic heterocycles. The summed E-state index contributed by atoms with van der Waals surface area (Å²) >= 11 is 6.28. The number of carbonyl (C=O) groups is 2. The Morgan fingerprint density at radius 2 is 1.44 bits per heavy atom. The van der Waals surface area contributed by atoms with E-state index in [0.717, 1.165) is 0 Å². The molecule has 3 rings (SSSR count). The maximum atomic E-state index is 14.0. The molecule has 2 amide bonds. The summed E-state index contributed by atoms with van der Waals surface area (Å²) in [6.45, 7) is 5.05. The number of hydrogen-bond acceptors (Lipinski definition) is 3. The number of nitrogens with zero attached hydrogens (tertiary/aromatic N) is 2. The number of carbonyl (C=O) groups excluding carboxylic acids is 2. The molecule has 11 heteroatoms. The maximum absolute atomic E-state index is 14.0. The van der Waals surface area contributed by atoms with Crippen molar-refractivity contribution >= 4 is 34.8 Å². The van der Waals surface area contributed by atoms with E-state index in [-0.39, 0.29) is 22.5 Å². The Morgan fingerprint density at radius 3 is 1.97 bits per heavy atom. The third kappa shape index (κ3) is 4.36. The van der Waals surface area contributed by atoms with Gasteiger partial charge in [0.15, 0.2) is 23.3 Å². The lowest BCUT2D eigenvalue weighted by atomic mass is 10.1. The van der Waals surface area contributed by atoms with Crippen LogP contribution in [0.25, 0.3) is 0 Å². The third-order valence-corrected chi connectivity index (χ3v) is 5.38. The van der Waals surface area contributed by atoms with Crippen LogP contribution in [-0.2, 0) is 4.79 Å². The Kier molecular flexibility index (Phi) is 6.92. The van der Waals surface area contributed by atoms with Crippen molar-refractivity contribution in [3.8, 4) is 0 Å². The van der Waals surface area contributed by atoms with Gasteiger partial charge in [-0.2, -0.15) is 0 Å². The van der Waals surface area contributed by atoms with E-state index in [2.05, 4.69) is 5.32 Å². The van der Waals surface area contributed by atoms with E-state index in [1.807, 2.05) is 0 Å². The second kappa shape index (κ2) is 9.32. The number of hydrogen-bond donors (Lipinski definition) is 1. The number of benzene rings is 2. The van der Waals surface area contributed by atoms with Crippen molar-refractivity contribution in [2.45, 2.75) is 13.8 Å². The van der Waals surface area contributed by atoms with Gasteiger partial charge in [-0.1, -0.05) is 31.5 Å². The lowest BCUT2D eigenvalue weighted by molar-refractivity contribution is -0.134. The number of halogens is 6. The molecule has 1 saturated heterocycles. The number of anilines is 2. The minimum Gasteiger partial charge on any atom is -0.365 e. The van der Waals surface area contributed by atoms with Crippen LogP contribution in [0.1, 0.15) is 24.2 Å². The Bertz CT molecular complexity index is 1040. The van der Waals surface area contributed by atoms with Crippen molar-refractivity contribution < 1.29 is 31.5 Å². The molecule has 1 fully saturated rings. The lowest BCUT2D eigenvalue weighted by Crippen LogP contribution is -2.50. The SMILES string of the molecule is CC(C)C(=O)N1CCN(c2c(Cl)cccc2NC(=O)c2c(F)c(F)c(F)c(F)c2F)CC1. The summed E-state index contributed by atoms with van der Waals surface area (Å²) in [5.41, 5.74) is -1.27. The number of para-hydroxylation sites is 1. The molecule has 0 bridgehead atoms. The zero-order valence-corrected chi connectivity index (χ0v) is 17.9. The van der Waals surface area contributed by atoms with Gasteiger partial charge in [0, 0.05) is 32.1 Å². The van der Waals surface area contributed by atoms with Crippen molar-refractivity contribution in [2.24, 2.45) is 5.92 Å². The lowest BCUT2D eigenvalue weighted by Gasteiger charge is -2.38. The molecule has 1 aliphatic heterocycles. The van der Waals surface area contributed by atoms with Gasteiger partial charge < -0.3 is 15.1 Å². The van der Waals surface area contributed by atoms with Crippen LogP contribution in [0.3, 0.4) is 0 Å². The van der Waals surface area contributed by atoms with E-state index in [1.54, 1.807) is 23.6 Å². The fourth-order valence-corrected chi connectivity index (χ4v) is 3.74. The fraction of sp³-hybridized carbons (Fsp3) is 0.333. The largest absolute Gasteiger partial charge is 0.365 e. The second-order valence-corrected chi connectivity index (χ2v) is 7.91. The van der Waals surface area contributed by atoms with E-state index in [9.17, 15) is 31.5 Å². The van der Waals surface area contributed by atoms with E-state index in [0.29, 0.717) is 31.9 Å². The van der Waals surface area contributed by atoms with E-state index in [1.165, 1.54) is 18.2 Å². The first-order valence-corrected chi connectivity index (χ1v) is 10.1. The van der Waals surface area contributed by atoms with Gasteiger partial charge in [-0.25, -0.2) is 22.0 Å². The predicted octanol–water partition coefficient (Wildman–Crippen LogP) is 4.59. The van der Waals surface area contributed by atoms with Gasteiger partial charge in [-0.05, 0) is 12.1 Å². The molecule has 0 saturated carbocycles. The van der Waals surface area contributed by atoms with Crippen molar-refractivity contribution in [2.75, 3.05) is 36.4 Å². The molecular formula is C21H19ClF5N3O2. The van der Waals surface area contributed by atoms with Crippen LogP contribution in [0.5, 0.6) is 0 Å². The highest BCUT2D eigenvalue weighted by molar-refractivity contribution is 6.34. The highest BCUT2D eigenvalue weighted by Gasteiger charge is 2.31. The summed E-state index contributed by atoms with van der Waals surface area (Å²) in [5, 5.41) is 2.39. The molecule has 0 aliphatic carbocycles. The van der Waals surface area contributed by atoms with Gasteiger partial charge in [0.1, 0.15) is 5.56 Å². The van der Waals surface area contributed by atoms with Crippen LogP contribution in [-0.4, -0.2) is 42.9 Å². The van der Waals surface area contributed by atoms with Crippen molar-refractivity contribution in [3.05, 3.63) is 57.9 Å². The average molecular weight is 476 g/mol. The van der Waals surface area contributed by atoms with E-state index >= 15 is 0 Å². The van der Waals surface area contributed by atoms with Crippen molar-refractivity contribution in [1.82, 2.24) is 4.90 Å². The predicted molar refractivity (Wildman–Crippen MR) is 109 cm³/mol. The molecule has 2 aromatic rings. The quantitative estimate of drug-likeness (QED) is 0.400. The Hall–Kier alpha value is -2.88. The summed E-state index contributed by atoms with van der Waals surface area (Å²) in [6.07, 6.45) is 0. The van der Waals surface area contributed by atoms with E-state index in [4.69, 9.17) is 11.6 Å². The topological polar surface area (TPSA) is 52.7 Å². The number of amides is 2. The summed E-state index contributed by atoms with van der Waals surface area (Å²) in [6, 6.07) is 4.37. The smallest absolute Gasteiger partial charge is 0.261 e. The third-order valence-electron chi connectivity index (χ3n) is 5.07. The highest BCUT2D eigenvalue weighted by Crippen LogP contribution is 2.35. The van der Waals surface area contributed by atoms with Crippen LogP contribution < -0.4 is 10.2 Å². The van der Waals surface area contributed by atoms with Crippen LogP contribution in [0.4, 0.5) is 33.3 Å². The molecule has 172 valence electrons. The molecule has 0 unspecified atom stereocenters. The molecule has 0 spiro atoms. The van der Waals surface area contributed by atoms with Crippen LogP contribution in [0.15, 0.2) is 18.2 Å². The van der Waals surface area contributed by atoms with Gasteiger partial charge in [-0.15, -0.1) is 0 Å². The van der Waals surface area contributed by atoms with Gasteiger partial charge in [0.05, 0.1) is 16.4 Å². The van der Waals surface area contributed by atoms with E-state index < -0.39 is 40.6 Å². The molecule has 5 nitrogen and oxygen atoms in total.